The van der Waals surface area contributed by atoms with Gasteiger partial charge in [-0.3, -0.25) is 9.59 Å². The van der Waals surface area contributed by atoms with Gasteiger partial charge in [-0.2, -0.15) is 0 Å². The smallest absolute Gasteiger partial charge is 0.193 e. The predicted molar refractivity (Wildman–Crippen MR) is 163 cm³/mol. The van der Waals surface area contributed by atoms with Crippen molar-refractivity contribution < 1.29 is 34.0 Å². The van der Waals surface area contributed by atoms with E-state index >= 15 is 0 Å². The van der Waals surface area contributed by atoms with E-state index in [1.54, 1.807) is 12.2 Å². The van der Waals surface area contributed by atoms with Gasteiger partial charge in [0.25, 0.3) is 0 Å². The largest absolute Gasteiger partial charge is 0.489 e. The lowest BCUT2D eigenvalue weighted by Gasteiger charge is -2.59. The number of nitrogen functional groups attached to an aromatic ring is 1. The minimum Gasteiger partial charge on any atom is -0.489 e. The first-order valence-electron chi connectivity index (χ1n) is 15.7. The average molecular weight is 600 g/mol. The number of rotatable bonds is 6. The van der Waals surface area contributed by atoms with E-state index in [4.69, 9.17) is 19.9 Å². The first-order valence-corrected chi connectivity index (χ1v) is 15.7. The molecule has 0 spiro atoms. The fourth-order valence-electron chi connectivity index (χ4n) is 9.69. The van der Waals surface area contributed by atoms with E-state index in [2.05, 4.69) is 6.92 Å². The van der Waals surface area contributed by atoms with Crippen LogP contribution in [0.1, 0.15) is 62.5 Å². The lowest BCUT2D eigenvalue weighted by molar-refractivity contribution is -0.201. The van der Waals surface area contributed by atoms with E-state index in [1.807, 2.05) is 62.4 Å². The number of fused-ring (bicyclic) bond motifs is 7. The van der Waals surface area contributed by atoms with Crippen molar-refractivity contribution in [3.05, 3.63) is 83.0 Å². The van der Waals surface area contributed by atoms with Gasteiger partial charge < -0.3 is 30.2 Å². The number of hydrogen-bond acceptors (Lipinski definition) is 8. The summed E-state index contributed by atoms with van der Waals surface area (Å²) in [5.74, 6) is 0.305. The van der Waals surface area contributed by atoms with Crippen LogP contribution in [0.4, 0.5) is 5.69 Å². The van der Waals surface area contributed by atoms with Gasteiger partial charge in [-0.25, -0.2) is 0 Å². The van der Waals surface area contributed by atoms with Crippen LogP contribution in [0.25, 0.3) is 0 Å². The van der Waals surface area contributed by atoms with E-state index < -0.39 is 47.3 Å². The van der Waals surface area contributed by atoms with Crippen LogP contribution in [0.2, 0.25) is 0 Å². The highest BCUT2D eigenvalue weighted by Gasteiger charge is 2.76. The number of para-hydroxylation sites is 1. The van der Waals surface area contributed by atoms with Crippen LogP contribution in [0.5, 0.6) is 5.75 Å². The zero-order chi connectivity index (χ0) is 31.0. The summed E-state index contributed by atoms with van der Waals surface area (Å²) in [5, 5.41) is 22.2. The number of ketones is 2. The number of carbonyl (C=O) groups excluding carboxylic acids is 2. The minimum absolute atomic E-state index is 0.00393. The highest BCUT2D eigenvalue weighted by atomic mass is 16.7. The molecule has 0 aromatic heterocycles. The normalized spacial score (nSPS) is 38.8. The summed E-state index contributed by atoms with van der Waals surface area (Å²) in [4.78, 5) is 26.1. The second-order valence-electron chi connectivity index (χ2n) is 13.8. The molecular formula is C36H41NO7. The first-order chi connectivity index (χ1) is 21.0. The monoisotopic (exact) mass is 599 g/mol. The SMILES string of the molecule is Cc1c(OCc2ccccc2N)cccc1[C@H]1O[C@@H]2C[C@H]3[C@@H]4CCC5=CC(=O)C=C[C@]5(C)[C@H]4[C@@H](O)C[C@]3(C)[C@]2(C(=O)CO)O1. The molecule has 4 N–H and O–H groups in total. The molecule has 7 rings (SSSR count). The summed E-state index contributed by atoms with van der Waals surface area (Å²) in [6, 6.07) is 13.3. The number of nitrogens with two attached hydrogens (primary N) is 1. The Kier molecular flexibility index (Phi) is 6.94. The molecule has 2 aromatic rings. The van der Waals surface area contributed by atoms with Crippen LogP contribution < -0.4 is 10.5 Å². The van der Waals surface area contributed by atoms with E-state index in [0.29, 0.717) is 30.9 Å². The number of carbonyl (C=O) groups is 2. The van der Waals surface area contributed by atoms with E-state index in [1.165, 1.54) is 0 Å². The molecular weight excluding hydrogens is 558 g/mol. The van der Waals surface area contributed by atoms with E-state index in [-0.39, 0.29) is 23.5 Å². The van der Waals surface area contributed by atoms with E-state index in [9.17, 15) is 19.8 Å². The zero-order valence-electron chi connectivity index (χ0n) is 25.5. The maximum absolute atomic E-state index is 13.9. The maximum Gasteiger partial charge on any atom is 0.193 e. The van der Waals surface area contributed by atoms with Crippen molar-refractivity contribution in [3.63, 3.8) is 0 Å². The van der Waals surface area contributed by atoms with Crippen molar-refractivity contribution in [2.24, 2.45) is 28.6 Å². The van der Waals surface area contributed by atoms with Gasteiger partial charge in [0.2, 0.25) is 0 Å². The molecule has 3 saturated carbocycles. The maximum atomic E-state index is 13.9. The van der Waals surface area contributed by atoms with Gasteiger partial charge in [0, 0.05) is 33.6 Å². The summed E-state index contributed by atoms with van der Waals surface area (Å²) in [6.45, 7) is 5.74. The lowest BCUT2D eigenvalue weighted by atomic mass is 9.46. The molecule has 4 fully saturated rings. The highest BCUT2D eigenvalue weighted by molar-refractivity contribution is 6.01. The fraction of sp³-hybridized carbons (Fsp3) is 0.500. The Morgan fingerprint density at radius 2 is 1.95 bits per heavy atom. The summed E-state index contributed by atoms with van der Waals surface area (Å²) in [6.07, 6.45) is 5.72. The fourth-order valence-corrected chi connectivity index (χ4v) is 9.69. The number of ether oxygens (including phenoxy) is 3. The van der Waals surface area contributed by atoms with Crippen molar-refractivity contribution in [2.45, 2.75) is 77.2 Å². The standard InChI is InChI=1S/C36H41NO7/c1-20-24(8-6-10-29(20)42-19-21-7-4-5-9-27(21)37)33-43-31-16-26-25-12-11-22-15-23(39)13-14-34(22,2)32(25)28(40)17-35(26,3)36(31,44-33)30(41)18-38/h4-10,13-15,25-26,28,31-33,38,40H,11-12,16-19,37H2,1-3H3/t25-,26-,28-,31+,32+,33-,34-,35-,36+/m0/s1. The molecule has 232 valence electrons. The summed E-state index contributed by atoms with van der Waals surface area (Å²) in [5.41, 5.74) is 7.75. The number of anilines is 1. The second-order valence-corrected chi connectivity index (χ2v) is 13.8. The Hall–Kier alpha value is -3.30. The molecule has 0 amide bonds. The third-order valence-electron chi connectivity index (χ3n) is 11.8. The quantitative estimate of drug-likeness (QED) is 0.406. The Balaban J connectivity index is 1.20. The van der Waals surface area contributed by atoms with Crippen molar-refractivity contribution in [2.75, 3.05) is 12.3 Å². The molecule has 0 radical (unpaired) electrons. The molecule has 0 unspecified atom stereocenters. The lowest BCUT2D eigenvalue weighted by Crippen LogP contribution is -2.63. The van der Waals surface area contributed by atoms with Crippen molar-refractivity contribution in [3.8, 4) is 5.75 Å². The van der Waals surface area contributed by atoms with Gasteiger partial charge in [0.05, 0.1) is 12.2 Å². The Labute approximate surface area is 257 Å². The number of benzene rings is 2. The van der Waals surface area contributed by atoms with Crippen LogP contribution in [-0.2, 0) is 25.7 Å². The van der Waals surface area contributed by atoms with Crippen molar-refractivity contribution in [1.29, 1.82) is 0 Å². The van der Waals surface area contributed by atoms with Gasteiger partial charge in [-0.15, -0.1) is 0 Å². The van der Waals surface area contributed by atoms with Crippen LogP contribution in [0.3, 0.4) is 0 Å². The number of aliphatic hydroxyl groups is 2. The molecule has 8 heteroatoms. The molecule has 1 heterocycles. The zero-order valence-corrected chi connectivity index (χ0v) is 25.5. The highest BCUT2D eigenvalue weighted by Crippen LogP contribution is 2.70. The molecule has 2 aromatic carbocycles. The van der Waals surface area contributed by atoms with Gasteiger partial charge in [0.15, 0.2) is 23.5 Å². The van der Waals surface area contributed by atoms with Gasteiger partial charge in [-0.05, 0) is 74.3 Å². The number of allylic oxidation sites excluding steroid dienone is 4. The van der Waals surface area contributed by atoms with Gasteiger partial charge in [0.1, 0.15) is 19.0 Å². The second kappa shape index (κ2) is 10.4. The van der Waals surface area contributed by atoms with Gasteiger partial charge in [-0.1, -0.05) is 55.8 Å². The van der Waals surface area contributed by atoms with Crippen LogP contribution in [0, 0.1) is 35.5 Å². The molecule has 0 bridgehead atoms. The Bertz CT molecular complexity index is 1580. The van der Waals surface area contributed by atoms with Crippen LogP contribution in [-0.4, -0.2) is 46.2 Å². The third kappa shape index (κ3) is 4.04. The summed E-state index contributed by atoms with van der Waals surface area (Å²) in [7, 11) is 0. The minimum atomic E-state index is -1.40. The van der Waals surface area contributed by atoms with Crippen LogP contribution in [0.15, 0.2) is 66.3 Å². The molecule has 44 heavy (non-hydrogen) atoms. The van der Waals surface area contributed by atoms with E-state index in [0.717, 1.165) is 35.1 Å². The first kappa shape index (κ1) is 29.4. The number of aliphatic hydroxyl groups excluding tert-OH is 2. The van der Waals surface area contributed by atoms with Gasteiger partial charge >= 0.3 is 0 Å². The Morgan fingerprint density at radius 3 is 2.73 bits per heavy atom. The topological polar surface area (TPSA) is 128 Å². The Morgan fingerprint density at radius 1 is 1.16 bits per heavy atom. The average Bonchev–Trinajstić information content (AvgIpc) is 3.50. The number of hydrogen-bond donors (Lipinski definition) is 3. The van der Waals surface area contributed by atoms with Crippen molar-refractivity contribution >= 4 is 17.3 Å². The number of Topliss-reactive ketones (excluding diaryl/α,β-unsaturated/α-hetero) is 1. The molecule has 1 saturated heterocycles. The molecule has 4 aliphatic carbocycles. The molecule has 8 nitrogen and oxygen atoms in total. The van der Waals surface area contributed by atoms with Crippen LogP contribution >= 0.6 is 0 Å². The predicted octanol–water partition coefficient (Wildman–Crippen LogP) is 4.76. The molecule has 5 aliphatic rings. The summed E-state index contributed by atoms with van der Waals surface area (Å²) >= 11 is 0. The molecule has 9 atom stereocenters. The third-order valence-corrected chi connectivity index (χ3v) is 11.8. The molecule has 1 aliphatic heterocycles. The summed E-state index contributed by atoms with van der Waals surface area (Å²) < 4.78 is 19.6. The van der Waals surface area contributed by atoms with Crippen molar-refractivity contribution in [1.82, 2.24) is 0 Å².